The molecule has 1 saturated carbocycles. The normalized spacial score (nSPS) is 20.3. The maximum atomic E-state index is 12.4. The molecule has 2 fully saturated rings. The van der Waals surface area contributed by atoms with Crippen molar-refractivity contribution in [1.82, 2.24) is 14.5 Å². The van der Waals surface area contributed by atoms with Gasteiger partial charge in [0.15, 0.2) is 5.96 Å². The van der Waals surface area contributed by atoms with Crippen LogP contribution in [-0.2, 0) is 14.8 Å². The lowest BCUT2D eigenvalue weighted by Crippen LogP contribution is -2.54. The second kappa shape index (κ2) is 9.73. The van der Waals surface area contributed by atoms with Crippen molar-refractivity contribution in [1.29, 1.82) is 0 Å². The van der Waals surface area contributed by atoms with E-state index in [4.69, 9.17) is 9.73 Å². The fraction of sp³-hybridized carbons (Fsp3) is 0.941. The van der Waals surface area contributed by atoms with Gasteiger partial charge in [0.2, 0.25) is 10.0 Å². The Labute approximate surface area is 152 Å². The minimum Gasteiger partial charge on any atom is -0.378 e. The summed E-state index contributed by atoms with van der Waals surface area (Å²) in [6.45, 7) is 10.2. The fourth-order valence-electron chi connectivity index (χ4n) is 2.88. The van der Waals surface area contributed by atoms with Gasteiger partial charge < -0.3 is 15.0 Å². The topological polar surface area (TPSA) is 74.2 Å². The first-order valence-electron chi connectivity index (χ1n) is 9.55. The van der Waals surface area contributed by atoms with Crippen molar-refractivity contribution in [3.05, 3.63) is 0 Å². The molecule has 8 heteroatoms. The number of nitrogens with zero attached hydrogens (tertiary/aromatic N) is 3. The molecule has 1 N–H and O–H groups in total. The van der Waals surface area contributed by atoms with Crippen LogP contribution >= 0.6 is 0 Å². The third-order valence-corrected chi connectivity index (χ3v) is 6.39. The smallest absolute Gasteiger partial charge is 0.216 e. The number of sulfonamides is 1. The Morgan fingerprint density at radius 3 is 2.48 bits per heavy atom. The Morgan fingerprint density at radius 2 is 1.92 bits per heavy atom. The highest BCUT2D eigenvalue weighted by Crippen LogP contribution is 2.32. The van der Waals surface area contributed by atoms with Gasteiger partial charge in [-0.25, -0.2) is 8.42 Å². The van der Waals surface area contributed by atoms with Crippen molar-refractivity contribution in [2.45, 2.75) is 46.1 Å². The molecule has 1 saturated heterocycles. The predicted molar refractivity (Wildman–Crippen MR) is 101 cm³/mol. The van der Waals surface area contributed by atoms with Crippen LogP contribution in [0.4, 0.5) is 0 Å². The molecule has 2 aliphatic rings. The summed E-state index contributed by atoms with van der Waals surface area (Å²) < 4.78 is 31.8. The monoisotopic (exact) mass is 374 g/mol. The van der Waals surface area contributed by atoms with Crippen LogP contribution in [-0.4, -0.2) is 81.3 Å². The molecule has 2 rings (SSSR count). The number of piperazine rings is 1. The lowest BCUT2D eigenvalue weighted by Gasteiger charge is -2.36. The Morgan fingerprint density at radius 1 is 1.24 bits per heavy atom. The first-order chi connectivity index (χ1) is 11.9. The number of rotatable bonds is 9. The van der Waals surface area contributed by atoms with E-state index < -0.39 is 10.0 Å². The molecular formula is C17H34N4O3S. The molecule has 1 aliphatic heterocycles. The summed E-state index contributed by atoms with van der Waals surface area (Å²) in [5, 5.41) is 3.33. The first kappa shape index (κ1) is 20.5. The van der Waals surface area contributed by atoms with E-state index in [0.29, 0.717) is 26.2 Å². The Kier molecular flexibility index (Phi) is 7.96. The van der Waals surface area contributed by atoms with Gasteiger partial charge >= 0.3 is 0 Å². The van der Waals surface area contributed by atoms with Gasteiger partial charge in [0.05, 0.1) is 18.5 Å². The van der Waals surface area contributed by atoms with Gasteiger partial charge in [-0.15, -0.1) is 0 Å². The lowest BCUT2D eigenvalue weighted by molar-refractivity contribution is 0.0904. The highest BCUT2D eigenvalue weighted by molar-refractivity contribution is 7.89. The van der Waals surface area contributed by atoms with E-state index in [1.807, 2.05) is 13.8 Å². The van der Waals surface area contributed by atoms with Gasteiger partial charge in [-0.05, 0) is 33.1 Å². The second-order valence-electron chi connectivity index (χ2n) is 7.09. The quantitative estimate of drug-likeness (QED) is 0.484. The van der Waals surface area contributed by atoms with Crippen LogP contribution in [0.3, 0.4) is 0 Å². The summed E-state index contributed by atoms with van der Waals surface area (Å²) in [6, 6.07) is 0. The molecule has 146 valence electrons. The van der Waals surface area contributed by atoms with Crippen molar-refractivity contribution < 1.29 is 13.2 Å². The second-order valence-corrected chi connectivity index (χ2v) is 9.18. The minimum atomic E-state index is -3.24. The minimum absolute atomic E-state index is 0.0563. The summed E-state index contributed by atoms with van der Waals surface area (Å²) in [7, 11) is -3.24. The van der Waals surface area contributed by atoms with Crippen LogP contribution in [0, 0.1) is 5.92 Å². The van der Waals surface area contributed by atoms with Crippen LogP contribution in [0.15, 0.2) is 4.99 Å². The molecule has 25 heavy (non-hydrogen) atoms. The molecule has 0 atom stereocenters. The standard InChI is InChI=1S/C17H34N4O3S/c1-4-18-17(19-8-7-16-5-6-16)20-9-11-21(12-10-20)25(22,23)14-13-24-15(2)3/h15-16H,4-14H2,1-3H3,(H,18,19). The zero-order chi connectivity index (χ0) is 18.3. The van der Waals surface area contributed by atoms with E-state index in [-0.39, 0.29) is 18.5 Å². The molecule has 1 aliphatic carbocycles. The van der Waals surface area contributed by atoms with Gasteiger partial charge in [-0.3, -0.25) is 4.99 Å². The van der Waals surface area contributed by atoms with Gasteiger partial charge in [0, 0.05) is 39.3 Å². The number of hydrogen-bond donors (Lipinski definition) is 1. The van der Waals surface area contributed by atoms with Gasteiger partial charge in [-0.2, -0.15) is 4.31 Å². The van der Waals surface area contributed by atoms with Crippen molar-refractivity contribution in [3.8, 4) is 0 Å². The molecule has 0 aromatic heterocycles. The number of ether oxygens (including phenoxy) is 1. The zero-order valence-corrected chi connectivity index (χ0v) is 16.7. The molecule has 0 amide bonds. The van der Waals surface area contributed by atoms with E-state index in [1.54, 1.807) is 4.31 Å². The van der Waals surface area contributed by atoms with E-state index in [1.165, 1.54) is 19.3 Å². The third-order valence-electron chi connectivity index (χ3n) is 4.55. The van der Waals surface area contributed by atoms with E-state index in [0.717, 1.165) is 25.0 Å². The lowest BCUT2D eigenvalue weighted by atomic mass is 10.3. The van der Waals surface area contributed by atoms with E-state index in [9.17, 15) is 8.42 Å². The van der Waals surface area contributed by atoms with Crippen molar-refractivity contribution in [2.24, 2.45) is 10.9 Å². The van der Waals surface area contributed by atoms with Crippen molar-refractivity contribution in [2.75, 3.05) is 51.6 Å². The average molecular weight is 375 g/mol. The van der Waals surface area contributed by atoms with Crippen molar-refractivity contribution >= 4 is 16.0 Å². The van der Waals surface area contributed by atoms with Crippen LogP contribution in [0.5, 0.6) is 0 Å². The van der Waals surface area contributed by atoms with Gasteiger partial charge in [0.25, 0.3) is 0 Å². The maximum absolute atomic E-state index is 12.4. The maximum Gasteiger partial charge on any atom is 0.216 e. The Hall–Kier alpha value is -0.860. The molecule has 0 aromatic carbocycles. The summed E-state index contributed by atoms with van der Waals surface area (Å²) >= 11 is 0. The SMILES string of the molecule is CCNC(=NCCC1CC1)N1CCN(S(=O)(=O)CCOC(C)C)CC1. The van der Waals surface area contributed by atoms with E-state index in [2.05, 4.69) is 17.1 Å². The molecule has 1 heterocycles. The summed E-state index contributed by atoms with van der Waals surface area (Å²) in [6.07, 6.45) is 3.92. The molecule has 0 unspecified atom stereocenters. The summed E-state index contributed by atoms with van der Waals surface area (Å²) in [4.78, 5) is 6.89. The molecule has 0 bridgehead atoms. The van der Waals surface area contributed by atoms with Crippen LogP contribution in [0.2, 0.25) is 0 Å². The third kappa shape index (κ3) is 7.11. The molecule has 0 aromatic rings. The molecule has 7 nitrogen and oxygen atoms in total. The number of guanidine groups is 1. The summed E-state index contributed by atoms with van der Waals surface area (Å²) in [5.41, 5.74) is 0. The number of aliphatic imine (C=N–C) groups is 1. The fourth-order valence-corrected chi connectivity index (χ4v) is 4.17. The summed E-state index contributed by atoms with van der Waals surface area (Å²) in [5.74, 6) is 1.85. The first-order valence-corrected chi connectivity index (χ1v) is 11.2. The van der Waals surface area contributed by atoms with Gasteiger partial charge in [-0.1, -0.05) is 12.8 Å². The number of hydrogen-bond acceptors (Lipinski definition) is 4. The zero-order valence-electron chi connectivity index (χ0n) is 15.9. The van der Waals surface area contributed by atoms with Gasteiger partial charge in [0.1, 0.15) is 0 Å². The van der Waals surface area contributed by atoms with Crippen LogP contribution < -0.4 is 5.32 Å². The highest BCUT2D eigenvalue weighted by atomic mass is 32.2. The molecule has 0 radical (unpaired) electrons. The Balaban J connectivity index is 1.81. The highest BCUT2D eigenvalue weighted by Gasteiger charge is 2.28. The van der Waals surface area contributed by atoms with Crippen LogP contribution in [0.25, 0.3) is 0 Å². The Bertz CT molecular complexity index is 524. The molecule has 0 spiro atoms. The average Bonchev–Trinajstić information content (AvgIpc) is 3.38. The molecular weight excluding hydrogens is 340 g/mol. The largest absolute Gasteiger partial charge is 0.378 e. The predicted octanol–water partition coefficient (Wildman–Crippen LogP) is 1.12. The van der Waals surface area contributed by atoms with E-state index >= 15 is 0 Å². The van der Waals surface area contributed by atoms with Crippen molar-refractivity contribution in [3.63, 3.8) is 0 Å². The van der Waals surface area contributed by atoms with Crippen LogP contribution in [0.1, 0.15) is 40.0 Å². The number of nitrogens with one attached hydrogen (secondary N) is 1.